The van der Waals surface area contributed by atoms with E-state index in [9.17, 15) is 0 Å². The fraction of sp³-hybridized carbons (Fsp3) is 1.00. The van der Waals surface area contributed by atoms with E-state index in [0.29, 0.717) is 6.04 Å². The molecular weight excluding hydrogens is 216 g/mol. The lowest BCUT2D eigenvalue weighted by Gasteiger charge is -2.32. The van der Waals surface area contributed by atoms with Crippen LogP contribution in [0, 0.1) is 0 Å². The highest BCUT2D eigenvalue weighted by atomic mass is 16.6. The highest BCUT2D eigenvalue weighted by Crippen LogP contribution is 2.09. The highest BCUT2D eigenvalue weighted by Gasteiger charge is 2.20. The van der Waals surface area contributed by atoms with Crippen molar-refractivity contribution in [3.8, 4) is 0 Å². The maximum atomic E-state index is 5.72. The van der Waals surface area contributed by atoms with Gasteiger partial charge in [-0.1, -0.05) is 6.92 Å². The first-order valence-corrected chi connectivity index (χ1v) is 7.03. The molecule has 0 aromatic heterocycles. The summed E-state index contributed by atoms with van der Waals surface area (Å²) >= 11 is 0. The molecule has 2 saturated heterocycles. The molecule has 2 rings (SSSR count). The van der Waals surface area contributed by atoms with Gasteiger partial charge in [0.1, 0.15) is 0 Å². The molecule has 2 aliphatic rings. The molecule has 0 saturated carbocycles. The molecule has 4 nitrogen and oxygen atoms in total. The minimum absolute atomic E-state index is 0.288. The Bertz CT molecular complexity index is 208. The molecule has 0 aliphatic carbocycles. The van der Waals surface area contributed by atoms with Crippen LogP contribution in [0.4, 0.5) is 0 Å². The Morgan fingerprint density at radius 2 is 2.24 bits per heavy atom. The summed E-state index contributed by atoms with van der Waals surface area (Å²) in [5.41, 5.74) is 0. The van der Waals surface area contributed by atoms with Crippen molar-refractivity contribution in [3.63, 3.8) is 0 Å². The fourth-order valence-electron chi connectivity index (χ4n) is 2.62. The van der Waals surface area contributed by atoms with Crippen LogP contribution in [-0.4, -0.2) is 63.0 Å². The summed E-state index contributed by atoms with van der Waals surface area (Å²) in [5.74, 6) is 0. The van der Waals surface area contributed by atoms with Crippen molar-refractivity contribution in [3.05, 3.63) is 0 Å². The SMILES string of the molecule is CCC1CCN(CC2COCCO2)CCCN1. The number of rotatable bonds is 3. The van der Waals surface area contributed by atoms with Gasteiger partial charge in [0, 0.05) is 12.6 Å². The van der Waals surface area contributed by atoms with E-state index in [0.717, 1.165) is 32.9 Å². The van der Waals surface area contributed by atoms with E-state index in [2.05, 4.69) is 17.1 Å². The standard InChI is InChI=1S/C13H26N2O2/c1-2-12-4-7-15(6-3-5-14-12)10-13-11-16-8-9-17-13/h12-14H,2-11H2,1H3. The van der Waals surface area contributed by atoms with Gasteiger partial charge in [0.05, 0.1) is 25.9 Å². The predicted molar refractivity (Wildman–Crippen MR) is 68.3 cm³/mol. The minimum Gasteiger partial charge on any atom is -0.376 e. The average Bonchev–Trinajstić information content (AvgIpc) is 2.35. The summed E-state index contributed by atoms with van der Waals surface area (Å²) in [7, 11) is 0. The van der Waals surface area contributed by atoms with Gasteiger partial charge < -0.3 is 19.7 Å². The molecule has 0 aromatic rings. The van der Waals surface area contributed by atoms with Crippen LogP contribution < -0.4 is 5.32 Å². The maximum Gasteiger partial charge on any atom is 0.0936 e. The van der Waals surface area contributed by atoms with Gasteiger partial charge in [0.25, 0.3) is 0 Å². The lowest BCUT2D eigenvalue weighted by Crippen LogP contribution is -2.44. The van der Waals surface area contributed by atoms with Crippen molar-refractivity contribution in [2.45, 2.75) is 38.3 Å². The second-order valence-corrected chi connectivity index (χ2v) is 5.07. The summed E-state index contributed by atoms with van der Waals surface area (Å²) in [6.07, 6.45) is 4.02. The fourth-order valence-corrected chi connectivity index (χ4v) is 2.62. The topological polar surface area (TPSA) is 33.7 Å². The van der Waals surface area contributed by atoms with Crippen molar-refractivity contribution in [1.29, 1.82) is 0 Å². The summed E-state index contributed by atoms with van der Waals surface area (Å²) in [6, 6.07) is 0.696. The average molecular weight is 242 g/mol. The number of nitrogens with one attached hydrogen (secondary N) is 1. The van der Waals surface area contributed by atoms with Gasteiger partial charge in [-0.2, -0.15) is 0 Å². The second-order valence-electron chi connectivity index (χ2n) is 5.07. The van der Waals surface area contributed by atoms with E-state index in [1.54, 1.807) is 0 Å². The molecule has 0 aromatic carbocycles. The van der Waals surface area contributed by atoms with E-state index < -0.39 is 0 Å². The lowest BCUT2D eigenvalue weighted by molar-refractivity contribution is -0.0979. The van der Waals surface area contributed by atoms with Crippen LogP contribution in [0.15, 0.2) is 0 Å². The van der Waals surface area contributed by atoms with Crippen molar-refractivity contribution in [2.24, 2.45) is 0 Å². The van der Waals surface area contributed by atoms with Gasteiger partial charge in [-0.3, -0.25) is 0 Å². The zero-order chi connectivity index (χ0) is 11.9. The van der Waals surface area contributed by atoms with Crippen LogP contribution in [0.3, 0.4) is 0 Å². The molecule has 0 bridgehead atoms. The van der Waals surface area contributed by atoms with Gasteiger partial charge in [0.2, 0.25) is 0 Å². The van der Waals surface area contributed by atoms with Crippen LogP contribution in [-0.2, 0) is 9.47 Å². The molecule has 2 fully saturated rings. The third kappa shape index (κ3) is 4.54. The molecule has 0 amide bonds. The number of nitrogens with zero attached hydrogens (tertiary/aromatic N) is 1. The first-order valence-electron chi connectivity index (χ1n) is 7.03. The monoisotopic (exact) mass is 242 g/mol. The van der Waals surface area contributed by atoms with E-state index in [4.69, 9.17) is 9.47 Å². The van der Waals surface area contributed by atoms with Crippen molar-refractivity contribution < 1.29 is 9.47 Å². The summed E-state index contributed by atoms with van der Waals surface area (Å²) in [6.45, 7) is 9.12. The second kappa shape index (κ2) is 7.31. The Balaban J connectivity index is 1.74. The largest absolute Gasteiger partial charge is 0.376 e. The normalized spacial score (nSPS) is 33.0. The first kappa shape index (κ1) is 13.3. The summed E-state index contributed by atoms with van der Waals surface area (Å²) < 4.78 is 11.2. The van der Waals surface area contributed by atoms with E-state index in [1.807, 2.05) is 0 Å². The van der Waals surface area contributed by atoms with Crippen molar-refractivity contribution in [2.75, 3.05) is 46.0 Å². The Kier molecular flexibility index (Phi) is 5.71. The molecule has 4 heteroatoms. The van der Waals surface area contributed by atoms with Crippen LogP contribution in [0.1, 0.15) is 26.2 Å². The molecule has 17 heavy (non-hydrogen) atoms. The van der Waals surface area contributed by atoms with Crippen LogP contribution in [0.5, 0.6) is 0 Å². The Morgan fingerprint density at radius 1 is 1.29 bits per heavy atom. The molecule has 2 heterocycles. The van der Waals surface area contributed by atoms with Crippen LogP contribution >= 0.6 is 0 Å². The predicted octanol–water partition coefficient (Wildman–Crippen LogP) is 0.866. The van der Waals surface area contributed by atoms with Gasteiger partial charge in [-0.25, -0.2) is 0 Å². The van der Waals surface area contributed by atoms with E-state index in [1.165, 1.54) is 32.4 Å². The van der Waals surface area contributed by atoms with Crippen molar-refractivity contribution in [1.82, 2.24) is 10.2 Å². The van der Waals surface area contributed by atoms with Gasteiger partial charge >= 0.3 is 0 Å². The van der Waals surface area contributed by atoms with Gasteiger partial charge in [-0.05, 0) is 38.9 Å². The summed E-state index contributed by atoms with van der Waals surface area (Å²) in [5, 5.41) is 3.61. The number of hydrogen-bond acceptors (Lipinski definition) is 4. The zero-order valence-electron chi connectivity index (χ0n) is 11.0. The molecular formula is C13H26N2O2. The Labute approximate surface area is 105 Å². The van der Waals surface area contributed by atoms with Crippen molar-refractivity contribution >= 4 is 0 Å². The van der Waals surface area contributed by atoms with Gasteiger partial charge in [0.15, 0.2) is 0 Å². The number of ether oxygens (including phenoxy) is 2. The lowest BCUT2D eigenvalue weighted by atomic mass is 10.1. The molecule has 0 spiro atoms. The van der Waals surface area contributed by atoms with E-state index >= 15 is 0 Å². The minimum atomic E-state index is 0.288. The first-order chi connectivity index (χ1) is 8.38. The quantitative estimate of drug-likeness (QED) is 0.796. The molecule has 2 atom stereocenters. The number of hydrogen-bond donors (Lipinski definition) is 1. The Hall–Kier alpha value is -0.160. The third-order valence-electron chi connectivity index (χ3n) is 3.72. The molecule has 1 N–H and O–H groups in total. The molecule has 2 aliphatic heterocycles. The Morgan fingerprint density at radius 3 is 3.00 bits per heavy atom. The van der Waals surface area contributed by atoms with Crippen LogP contribution in [0.25, 0.3) is 0 Å². The molecule has 2 unspecified atom stereocenters. The third-order valence-corrected chi connectivity index (χ3v) is 3.72. The smallest absolute Gasteiger partial charge is 0.0936 e. The summed E-state index contributed by atoms with van der Waals surface area (Å²) in [4.78, 5) is 2.54. The molecule has 0 radical (unpaired) electrons. The zero-order valence-corrected chi connectivity index (χ0v) is 11.0. The van der Waals surface area contributed by atoms with Crippen LogP contribution in [0.2, 0.25) is 0 Å². The maximum absolute atomic E-state index is 5.72. The molecule has 100 valence electrons. The highest BCUT2D eigenvalue weighted by molar-refractivity contribution is 4.75. The van der Waals surface area contributed by atoms with E-state index in [-0.39, 0.29) is 6.10 Å². The van der Waals surface area contributed by atoms with Gasteiger partial charge in [-0.15, -0.1) is 0 Å².